The predicted molar refractivity (Wildman–Crippen MR) is 62.0 cm³/mol. The number of ether oxygens (including phenoxy) is 1. The lowest BCUT2D eigenvalue weighted by atomic mass is 9.91. The van der Waals surface area contributed by atoms with Gasteiger partial charge in [0.15, 0.2) is 5.78 Å². The van der Waals surface area contributed by atoms with Gasteiger partial charge in [-0.3, -0.25) is 4.79 Å². The molecule has 0 amide bonds. The zero-order valence-electron chi connectivity index (χ0n) is 8.71. The van der Waals surface area contributed by atoms with Crippen molar-refractivity contribution in [3.8, 4) is 0 Å². The molecule has 0 aliphatic carbocycles. The first-order valence-electron chi connectivity index (χ1n) is 5.25. The van der Waals surface area contributed by atoms with Crippen LogP contribution in [0.3, 0.4) is 0 Å². The predicted octanol–water partition coefficient (Wildman–Crippen LogP) is 3.20. The lowest BCUT2D eigenvalue weighted by molar-refractivity contribution is 0.0544. The van der Waals surface area contributed by atoms with E-state index in [1.54, 1.807) is 12.1 Å². The molecule has 0 spiro atoms. The first-order valence-corrected chi connectivity index (χ1v) is 6.05. The summed E-state index contributed by atoms with van der Waals surface area (Å²) in [6, 6.07) is 4.52. The summed E-state index contributed by atoms with van der Waals surface area (Å²) in [5.41, 5.74) is 0.451. The van der Waals surface area contributed by atoms with Gasteiger partial charge in [-0.15, -0.1) is 0 Å². The Morgan fingerprint density at radius 3 is 2.69 bits per heavy atom. The maximum atomic E-state index is 13.3. The molecule has 0 radical (unpaired) electrons. The molecule has 2 rings (SSSR count). The van der Waals surface area contributed by atoms with E-state index in [-0.39, 0.29) is 11.7 Å². The van der Waals surface area contributed by atoms with Crippen molar-refractivity contribution in [1.82, 2.24) is 0 Å². The first-order chi connectivity index (χ1) is 7.68. The number of hydrogen-bond donors (Lipinski definition) is 0. The second-order valence-corrected chi connectivity index (χ2v) is 4.73. The average Bonchev–Trinajstić information content (AvgIpc) is 2.33. The van der Waals surface area contributed by atoms with Gasteiger partial charge in [0.05, 0.1) is 4.47 Å². The largest absolute Gasteiger partial charge is 0.381 e. The molecule has 0 saturated carbocycles. The van der Waals surface area contributed by atoms with Crippen LogP contribution in [0.1, 0.15) is 23.2 Å². The maximum Gasteiger partial charge on any atom is 0.166 e. The Morgan fingerprint density at radius 2 is 2.06 bits per heavy atom. The molecule has 2 nitrogen and oxygen atoms in total. The van der Waals surface area contributed by atoms with Crippen LogP contribution in [0.5, 0.6) is 0 Å². The Hall–Kier alpha value is -0.740. The van der Waals surface area contributed by atoms with Crippen LogP contribution in [0.2, 0.25) is 0 Å². The number of hydrogen-bond acceptors (Lipinski definition) is 2. The van der Waals surface area contributed by atoms with E-state index in [0.717, 1.165) is 12.8 Å². The molecule has 16 heavy (non-hydrogen) atoms. The SMILES string of the molecule is O=C(c1ccc(Br)c(F)c1)C1CCOCC1. The summed E-state index contributed by atoms with van der Waals surface area (Å²) in [6.07, 6.45) is 1.47. The number of halogens is 2. The fourth-order valence-electron chi connectivity index (χ4n) is 1.84. The molecule has 0 aromatic heterocycles. The molecule has 1 saturated heterocycles. The summed E-state index contributed by atoms with van der Waals surface area (Å²) in [5, 5.41) is 0. The van der Waals surface area contributed by atoms with E-state index < -0.39 is 5.82 Å². The van der Waals surface area contributed by atoms with Crippen molar-refractivity contribution in [3.63, 3.8) is 0 Å². The highest BCUT2D eigenvalue weighted by atomic mass is 79.9. The third-order valence-corrected chi connectivity index (χ3v) is 3.44. The highest BCUT2D eigenvalue weighted by molar-refractivity contribution is 9.10. The zero-order chi connectivity index (χ0) is 11.5. The van der Waals surface area contributed by atoms with Gasteiger partial charge in [0.1, 0.15) is 5.82 Å². The van der Waals surface area contributed by atoms with Gasteiger partial charge >= 0.3 is 0 Å². The van der Waals surface area contributed by atoms with Gasteiger partial charge in [0.2, 0.25) is 0 Å². The minimum absolute atomic E-state index is 0.0191. The summed E-state index contributed by atoms with van der Waals surface area (Å²) < 4.78 is 18.9. The molecule has 1 aromatic rings. The Morgan fingerprint density at radius 1 is 1.38 bits per heavy atom. The molecule has 86 valence electrons. The quantitative estimate of drug-likeness (QED) is 0.781. The first kappa shape index (κ1) is 11.7. The molecule has 1 fully saturated rings. The topological polar surface area (TPSA) is 26.3 Å². The van der Waals surface area contributed by atoms with E-state index in [0.29, 0.717) is 23.2 Å². The van der Waals surface area contributed by atoms with Crippen molar-refractivity contribution >= 4 is 21.7 Å². The molecular formula is C12H12BrFO2. The van der Waals surface area contributed by atoms with Gasteiger partial charge in [0, 0.05) is 24.7 Å². The van der Waals surface area contributed by atoms with Crippen LogP contribution in [0.25, 0.3) is 0 Å². The highest BCUT2D eigenvalue weighted by Crippen LogP contribution is 2.23. The minimum Gasteiger partial charge on any atom is -0.381 e. The summed E-state index contributed by atoms with van der Waals surface area (Å²) in [5.74, 6) is -0.387. The molecule has 1 aliphatic heterocycles. The van der Waals surface area contributed by atoms with Gasteiger partial charge in [0.25, 0.3) is 0 Å². The van der Waals surface area contributed by atoms with E-state index in [1.165, 1.54) is 6.07 Å². The average molecular weight is 287 g/mol. The lowest BCUT2D eigenvalue weighted by Gasteiger charge is -2.20. The molecule has 0 unspecified atom stereocenters. The van der Waals surface area contributed by atoms with Crippen molar-refractivity contribution in [2.75, 3.05) is 13.2 Å². The standard InChI is InChI=1S/C12H12BrFO2/c13-10-2-1-9(7-11(10)14)12(15)8-3-5-16-6-4-8/h1-2,7-8H,3-6H2. The van der Waals surface area contributed by atoms with E-state index in [4.69, 9.17) is 4.74 Å². The molecule has 0 N–H and O–H groups in total. The monoisotopic (exact) mass is 286 g/mol. The molecule has 1 heterocycles. The van der Waals surface area contributed by atoms with Crippen molar-refractivity contribution in [1.29, 1.82) is 0 Å². The number of ketones is 1. The fourth-order valence-corrected chi connectivity index (χ4v) is 2.09. The summed E-state index contributed by atoms with van der Waals surface area (Å²) in [7, 11) is 0. The molecular weight excluding hydrogens is 275 g/mol. The van der Waals surface area contributed by atoms with Crippen molar-refractivity contribution in [2.45, 2.75) is 12.8 Å². The number of rotatable bonds is 2. The normalized spacial score (nSPS) is 17.4. The minimum atomic E-state index is -0.391. The fraction of sp³-hybridized carbons (Fsp3) is 0.417. The van der Waals surface area contributed by atoms with E-state index in [9.17, 15) is 9.18 Å². The molecule has 0 atom stereocenters. The number of carbonyl (C=O) groups excluding carboxylic acids is 1. The number of benzene rings is 1. The van der Waals surface area contributed by atoms with Gasteiger partial charge < -0.3 is 4.74 Å². The highest BCUT2D eigenvalue weighted by Gasteiger charge is 2.23. The maximum absolute atomic E-state index is 13.3. The molecule has 1 aliphatic rings. The van der Waals surface area contributed by atoms with Gasteiger partial charge in [-0.1, -0.05) is 6.07 Å². The van der Waals surface area contributed by atoms with Crippen LogP contribution < -0.4 is 0 Å². The second kappa shape index (κ2) is 5.06. The van der Waals surface area contributed by atoms with Crippen LogP contribution in [-0.2, 0) is 4.74 Å². The lowest BCUT2D eigenvalue weighted by Crippen LogP contribution is -2.23. The van der Waals surface area contributed by atoms with Gasteiger partial charge in [-0.05, 0) is 40.9 Å². The molecule has 1 aromatic carbocycles. The Labute approximate surface area is 102 Å². The zero-order valence-corrected chi connectivity index (χ0v) is 10.3. The van der Waals surface area contributed by atoms with Gasteiger partial charge in [-0.25, -0.2) is 4.39 Å². The Kier molecular flexibility index (Phi) is 3.71. The van der Waals surface area contributed by atoms with Crippen LogP contribution in [0.15, 0.2) is 22.7 Å². The third kappa shape index (κ3) is 2.50. The number of carbonyl (C=O) groups is 1. The van der Waals surface area contributed by atoms with Crippen molar-refractivity contribution < 1.29 is 13.9 Å². The van der Waals surface area contributed by atoms with Crippen molar-refractivity contribution in [3.05, 3.63) is 34.1 Å². The molecule has 4 heteroatoms. The molecule has 0 bridgehead atoms. The van der Waals surface area contributed by atoms with Crippen LogP contribution in [-0.4, -0.2) is 19.0 Å². The Balaban J connectivity index is 2.16. The smallest absolute Gasteiger partial charge is 0.166 e. The number of Topliss-reactive ketones (excluding diaryl/α,β-unsaturated/α-hetero) is 1. The summed E-state index contributed by atoms with van der Waals surface area (Å²) in [6.45, 7) is 1.24. The summed E-state index contributed by atoms with van der Waals surface area (Å²) in [4.78, 5) is 12.0. The van der Waals surface area contributed by atoms with Crippen LogP contribution in [0.4, 0.5) is 4.39 Å². The second-order valence-electron chi connectivity index (χ2n) is 3.88. The van der Waals surface area contributed by atoms with Gasteiger partial charge in [-0.2, -0.15) is 0 Å². The van der Waals surface area contributed by atoms with Crippen LogP contribution >= 0.6 is 15.9 Å². The van der Waals surface area contributed by atoms with E-state index in [1.807, 2.05) is 0 Å². The van der Waals surface area contributed by atoms with Crippen molar-refractivity contribution in [2.24, 2.45) is 5.92 Å². The van der Waals surface area contributed by atoms with E-state index in [2.05, 4.69) is 15.9 Å². The van der Waals surface area contributed by atoms with Crippen LogP contribution in [0, 0.1) is 11.7 Å². The third-order valence-electron chi connectivity index (χ3n) is 2.80. The Bertz CT molecular complexity index is 400. The summed E-state index contributed by atoms with van der Waals surface area (Å²) >= 11 is 3.07. The van der Waals surface area contributed by atoms with E-state index >= 15 is 0 Å².